The molecular weight excluding hydrogens is 340 g/mol. The maximum absolute atomic E-state index is 13.0. The Morgan fingerprint density at radius 2 is 2.12 bits per heavy atom. The van der Waals surface area contributed by atoms with E-state index in [2.05, 4.69) is 0 Å². The van der Waals surface area contributed by atoms with Crippen LogP contribution in [0.15, 0.2) is 18.2 Å². The Morgan fingerprint density at radius 3 is 2.80 bits per heavy atom. The number of halogens is 1. The molecule has 0 N–H and O–H groups in total. The van der Waals surface area contributed by atoms with Crippen molar-refractivity contribution in [1.29, 1.82) is 0 Å². The molecule has 136 valence electrons. The van der Waals surface area contributed by atoms with Crippen LogP contribution in [0, 0.1) is 0 Å². The van der Waals surface area contributed by atoms with Gasteiger partial charge in [0.25, 0.3) is 5.91 Å². The van der Waals surface area contributed by atoms with Crippen molar-refractivity contribution in [1.82, 2.24) is 9.80 Å². The van der Waals surface area contributed by atoms with Gasteiger partial charge in [-0.3, -0.25) is 9.59 Å². The maximum atomic E-state index is 13.0. The number of nitrogens with zero attached hydrogens (tertiary/aromatic N) is 2. The first-order chi connectivity index (χ1) is 12.1. The molecule has 25 heavy (non-hydrogen) atoms. The van der Waals surface area contributed by atoms with Gasteiger partial charge in [-0.15, -0.1) is 0 Å². The van der Waals surface area contributed by atoms with Crippen LogP contribution in [0.3, 0.4) is 0 Å². The molecule has 2 saturated heterocycles. The van der Waals surface area contributed by atoms with Gasteiger partial charge in [-0.05, 0) is 50.3 Å². The zero-order valence-electron chi connectivity index (χ0n) is 14.7. The smallest absolute Gasteiger partial charge is 0.254 e. The Kier molecular flexibility index (Phi) is 5.84. The van der Waals surface area contributed by atoms with Crippen LogP contribution in [0.25, 0.3) is 0 Å². The van der Waals surface area contributed by atoms with E-state index in [1.54, 1.807) is 25.3 Å². The van der Waals surface area contributed by atoms with Crippen molar-refractivity contribution >= 4 is 23.4 Å². The van der Waals surface area contributed by atoms with Gasteiger partial charge in [0.15, 0.2) is 0 Å². The molecule has 2 fully saturated rings. The van der Waals surface area contributed by atoms with E-state index in [4.69, 9.17) is 16.3 Å². The van der Waals surface area contributed by atoms with Crippen molar-refractivity contribution in [3.63, 3.8) is 0 Å². The van der Waals surface area contributed by atoms with E-state index in [0.29, 0.717) is 22.8 Å². The number of likely N-dealkylation sites (tertiary alicyclic amines) is 2. The molecule has 0 unspecified atom stereocenters. The molecular formula is C19H25ClN2O3. The minimum atomic E-state index is 0.0157. The summed E-state index contributed by atoms with van der Waals surface area (Å²) in [6, 6.07) is 5.37. The summed E-state index contributed by atoms with van der Waals surface area (Å²) in [7, 11) is 1.56. The highest BCUT2D eigenvalue weighted by atomic mass is 35.5. The Balaban J connectivity index is 1.68. The summed E-state index contributed by atoms with van der Waals surface area (Å²) in [5, 5.41) is 0.449. The number of ether oxygens (including phenoxy) is 1. The molecule has 3 rings (SSSR count). The zero-order valence-corrected chi connectivity index (χ0v) is 15.4. The average molecular weight is 365 g/mol. The highest BCUT2D eigenvalue weighted by molar-refractivity contribution is 6.32. The first-order valence-electron chi connectivity index (χ1n) is 9.02. The Bertz CT molecular complexity index is 650. The number of piperidine rings is 1. The number of carbonyl (C=O) groups excluding carboxylic acids is 2. The lowest BCUT2D eigenvalue weighted by Crippen LogP contribution is -2.45. The molecule has 1 aromatic carbocycles. The van der Waals surface area contributed by atoms with Crippen molar-refractivity contribution in [2.24, 2.45) is 0 Å². The minimum Gasteiger partial charge on any atom is -0.495 e. The predicted octanol–water partition coefficient (Wildman–Crippen LogP) is 3.36. The first-order valence-corrected chi connectivity index (χ1v) is 9.40. The topological polar surface area (TPSA) is 49.9 Å². The molecule has 0 aromatic heterocycles. The number of hydrogen-bond acceptors (Lipinski definition) is 3. The first kappa shape index (κ1) is 18.1. The van der Waals surface area contributed by atoms with Crippen molar-refractivity contribution in [2.45, 2.75) is 44.6 Å². The van der Waals surface area contributed by atoms with E-state index in [1.807, 2.05) is 9.80 Å². The summed E-state index contributed by atoms with van der Waals surface area (Å²) in [6.07, 6.45) is 5.62. The standard InChI is InChI=1S/C19H25ClN2O3/c1-25-17-8-7-14(13-16(17)20)19(24)22-11-3-2-5-15(22)9-12-21-10-4-6-18(21)23/h7-8,13,15H,2-6,9-12H2,1H3/t15-/m0/s1. The molecule has 6 heteroatoms. The summed E-state index contributed by atoms with van der Waals surface area (Å²) in [6.45, 7) is 2.37. The Hall–Kier alpha value is -1.75. The molecule has 5 nitrogen and oxygen atoms in total. The second kappa shape index (κ2) is 8.09. The minimum absolute atomic E-state index is 0.0157. The van der Waals surface area contributed by atoms with Gasteiger partial charge >= 0.3 is 0 Å². The number of rotatable bonds is 5. The summed E-state index contributed by atoms with van der Waals surface area (Å²) in [5.41, 5.74) is 0.593. The van der Waals surface area contributed by atoms with Crippen LogP contribution in [0.1, 0.15) is 48.9 Å². The van der Waals surface area contributed by atoms with Gasteiger partial charge in [-0.25, -0.2) is 0 Å². The molecule has 2 aliphatic rings. The van der Waals surface area contributed by atoms with Crippen LogP contribution in [0.4, 0.5) is 0 Å². The fourth-order valence-electron chi connectivity index (χ4n) is 3.78. The van der Waals surface area contributed by atoms with Crippen LogP contribution in [0.2, 0.25) is 5.02 Å². The predicted molar refractivity (Wildman–Crippen MR) is 97.1 cm³/mol. The molecule has 0 radical (unpaired) electrons. The summed E-state index contributed by atoms with van der Waals surface area (Å²) in [4.78, 5) is 28.7. The van der Waals surface area contributed by atoms with Crippen molar-refractivity contribution in [3.05, 3.63) is 28.8 Å². The van der Waals surface area contributed by atoms with Gasteiger partial charge in [0.05, 0.1) is 12.1 Å². The van der Waals surface area contributed by atoms with Crippen LogP contribution in [-0.2, 0) is 4.79 Å². The fourth-order valence-corrected chi connectivity index (χ4v) is 4.04. The number of carbonyl (C=O) groups is 2. The quantitative estimate of drug-likeness (QED) is 0.805. The zero-order chi connectivity index (χ0) is 17.8. The van der Waals surface area contributed by atoms with Gasteiger partial charge in [0.2, 0.25) is 5.91 Å². The molecule has 0 saturated carbocycles. The largest absolute Gasteiger partial charge is 0.495 e. The Morgan fingerprint density at radius 1 is 1.28 bits per heavy atom. The maximum Gasteiger partial charge on any atom is 0.254 e. The molecule has 2 aliphatic heterocycles. The highest BCUT2D eigenvalue weighted by Gasteiger charge is 2.29. The number of amides is 2. The van der Waals surface area contributed by atoms with Crippen LogP contribution < -0.4 is 4.74 Å². The van der Waals surface area contributed by atoms with Crippen molar-refractivity contribution < 1.29 is 14.3 Å². The molecule has 1 atom stereocenters. The normalized spacial score (nSPS) is 20.9. The van der Waals surface area contributed by atoms with Crippen LogP contribution in [-0.4, -0.2) is 54.4 Å². The lowest BCUT2D eigenvalue weighted by atomic mass is 9.98. The Labute approximate surface area is 153 Å². The number of benzene rings is 1. The summed E-state index contributed by atoms with van der Waals surface area (Å²) >= 11 is 6.17. The summed E-state index contributed by atoms with van der Waals surface area (Å²) in [5.74, 6) is 0.832. The number of hydrogen-bond donors (Lipinski definition) is 0. The monoisotopic (exact) mass is 364 g/mol. The van der Waals surface area contributed by atoms with Gasteiger partial charge in [-0.2, -0.15) is 0 Å². The van der Waals surface area contributed by atoms with Gasteiger partial charge in [0.1, 0.15) is 5.75 Å². The van der Waals surface area contributed by atoms with Gasteiger partial charge in [-0.1, -0.05) is 11.6 Å². The van der Waals surface area contributed by atoms with E-state index in [1.165, 1.54) is 0 Å². The van der Waals surface area contributed by atoms with E-state index < -0.39 is 0 Å². The second-order valence-electron chi connectivity index (χ2n) is 6.77. The second-order valence-corrected chi connectivity index (χ2v) is 7.18. The summed E-state index contributed by atoms with van der Waals surface area (Å²) < 4.78 is 5.16. The fraction of sp³-hybridized carbons (Fsp3) is 0.579. The third-order valence-electron chi connectivity index (χ3n) is 5.19. The highest BCUT2D eigenvalue weighted by Crippen LogP contribution is 2.28. The molecule has 0 bridgehead atoms. The van der Waals surface area contributed by atoms with Crippen molar-refractivity contribution in [2.75, 3.05) is 26.7 Å². The van der Waals surface area contributed by atoms with E-state index in [0.717, 1.165) is 51.7 Å². The molecule has 2 amide bonds. The molecule has 0 spiro atoms. The van der Waals surface area contributed by atoms with Crippen molar-refractivity contribution in [3.8, 4) is 5.75 Å². The van der Waals surface area contributed by atoms with E-state index >= 15 is 0 Å². The van der Waals surface area contributed by atoms with Gasteiger partial charge in [0, 0.05) is 37.7 Å². The molecule has 2 heterocycles. The molecule has 0 aliphatic carbocycles. The van der Waals surface area contributed by atoms with Gasteiger partial charge < -0.3 is 14.5 Å². The lowest BCUT2D eigenvalue weighted by Gasteiger charge is -2.36. The van der Waals surface area contributed by atoms with E-state index in [9.17, 15) is 9.59 Å². The number of methoxy groups -OCH3 is 1. The molecule has 1 aromatic rings. The third-order valence-corrected chi connectivity index (χ3v) is 5.49. The average Bonchev–Trinajstić information content (AvgIpc) is 3.04. The lowest BCUT2D eigenvalue weighted by molar-refractivity contribution is -0.127. The van der Waals surface area contributed by atoms with E-state index in [-0.39, 0.29) is 17.9 Å². The van der Waals surface area contributed by atoms with Crippen LogP contribution >= 0.6 is 11.6 Å². The third kappa shape index (κ3) is 4.09. The van der Waals surface area contributed by atoms with Crippen LogP contribution in [0.5, 0.6) is 5.75 Å². The SMILES string of the molecule is COc1ccc(C(=O)N2CCCC[C@H]2CCN2CCCC2=O)cc1Cl.